The van der Waals surface area contributed by atoms with Crippen molar-refractivity contribution in [3.8, 4) is 22.7 Å². The van der Waals surface area contributed by atoms with Crippen molar-refractivity contribution in [1.29, 1.82) is 0 Å². The van der Waals surface area contributed by atoms with Crippen LogP contribution in [-0.2, 0) is 4.79 Å². The summed E-state index contributed by atoms with van der Waals surface area (Å²) in [7, 11) is 0. The summed E-state index contributed by atoms with van der Waals surface area (Å²) in [4.78, 5) is 23.7. The fourth-order valence-corrected chi connectivity index (χ4v) is 2.99. The van der Waals surface area contributed by atoms with Gasteiger partial charge in [-0.3, -0.25) is 9.59 Å². The summed E-state index contributed by atoms with van der Waals surface area (Å²) in [5.74, 6) is -0.0862. The van der Waals surface area contributed by atoms with E-state index in [2.05, 4.69) is 27.2 Å². The van der Waals surface area contributed by atoms with E-state index in [0.717, 1.165) is 0 Å². The Morgan fingerprint density at radius 3 is 2.52 bits per heavy atom. The maximum absolute atomic E-state index is 12.3. The number of phenols is 1. The fraction of sp³-hybridized carbons (Fsp3) is 0. The lowest BCUT2D eigenvalue weighted by Gasteiger charge is -2.10. The second-order valence-electron chi connectivity index (χ2n) is 6.21. The van der Waals surface area contributed by atoms with Crippen molar-refractivity contribution in [2.45, 2.75) is 0 Å². The van der Waals surface area contributed by atoms with Crippen LogP contribution in [0.2, 0.25) is 0 Å². The zero-order valence-electron chi connectivity index (χ0n) is 15.1. The molecule has 0 saturated carbocycles. The number of fused-ring (bicyclic) bond motifs is 1. The molecule has 4 aromatic rings. The number of carbonyl (C=O) groups is 1. The van der Waals surface area contributed by atoms with Crippen molar-refractivity contribution in [3.05, 3.63) is 71.5 Å². The van der Waals surface area contributed by atoms with Gasteiger partial charge in [0.1, 0.15) is 5.75 Å². The number of carbonyl (C=O) groups excluding carboxylic acids is 1. The highest BCUT2D eigenvalue weighted by atomic mass is 16.3. The third-order valence-electron chi connectivity index (χ3n) is 4.34. The number of aromatic nitrogens is 4. The van der Waals surface area contributed by atoms with Gasteiger partial charge in [0.05, 0.1) is 16.8 Å². The van der Waals surface area contributed by atoms with E-state index in [1.807, 2.05) is 0 Å². The third-order valence-corrected chi connectivity index (χ3v) is 4.34. The van der Waals surface area contributed by atoms with E-state index in [9.17, 15) is 14.7 Å². The maximum Gasteiger partial charge on any atom is 0.292 e. The van der Waals surface area contributed by atoms with Crippen LogP contribution in [-0.4, -0.2) is 31.0 Å². The number of rotatable bonds is 4. The average molecular weight is 388 g/mol. The molecule has 0 aliphatic rings. The molecular formula is C20H16N6O3. The Kier molecular flexibility index (Phi) is 4.32. The zero-order chi connectivity index (χ0) is 20.5. The number of amides is 1. The molecule has 2 aromatic heterocycles. The smallest absolute Gasteiger partial charge is 0.292 e. The molecule has 1 amide bonds. The standard InChI is InChI=1S/C20H16N6O3/c1-2-15(28)22-12-5-7-13(8-6-12)26-18(11-3-9-14(27)10-4-11)16-17(25-26)20(29)24-23-19(16)21/h2-10,27H,1H2,(H2,21,23)(H,22,28)(H,24,29). The minimum absolute atomic E-state index is 0.107. The summed E-state index contributed by atoms with van der Waals surface area (Å²) in [5.41, 5.74) is 8.18. The van der Waals surface area contributed by atoms with Gasteiger partial charge in [-0.1, -0.05) is 6.58 Å². The predicted octanol–water partition coefficient (Wildman–Crippen LogP) is 2.19. The Balaban J connectivity index is 1.93. The lowest BCUT2D eigenvalue weighted by molar-refractivity contribution is -0.111. The van der Waals surface area contributed by atoms with Crippen LogP contribution in [0.4, 0.5) is 11.5 Å². The van der Waals surface area contributed by atoms with E-state index in [1.165, 1.54) is 18.2 Å². The number of nitrogens with one attached hydrogen (secondary N) is 2. The van der Waals surface area contributed by atoms with E-state index in [4.69, 9.17) is 5.73 Å². The molecule has 2 heterocycles. The van der Waals surface area contributed by atoms with Gasteiger partial charge in [-0.15, -0.1) is 0 Å². The largest absolute Gasteiger partial charge is 0.508 e. The molecule has 9 heteroatoms. The highest BCUT2D eigenvalue weighted by Gasteiger charge is 2.20. The number of anilines is 2. The van der Waals surface area contributed by atoms with Crippen molar-refractivity contribution >= 4 is 28.3 Å². The van der Waals surface area contributed by atoms with Gasteiger partial charge in [0.15, 0.2) is 11.3 Å². The molecule has 9 nitrogen and oxygen atoms in total. The lowest BCUT2D eigenvalue weighted by atomic mass is 10.1. The molecule has 0 saturated heterocycles. The Labute approximate surface area is 164 Å². The van der Waals surface area contributed by atoms with E-state index in [-0.39, 0.29) is 23.0 Å². The van der Waals surface area contributed by atoms with Crippen LogP contribution in [0.1, 0.15) is 0 Å². The first-order valence-electron chi connectivity index (χ1n) is 8.58. The van der Waals surface area contributed by atoms with E-state index in [1.54, 1.807) is 41.1 Å². The summed E-state index contributed by atoms with van der Waals surface area (Å²) in [6.45, 7) is 3.42. The number of nitrogens with two attached hydrogens (primary N) is 1. The first-order chi connectivity index (χ1) is 14.0. The highest BCUT2D eigenvalue weighted by Crippen LogP contribution is 2.33. The second-order valence-corrected chi connectivity index (χ2v) is 6.21. The Morgan fingerprint density at radius 1 is 1.17 bits per heavy atom. The topological polar surface area (TPSA) is 139 Å². The molecule has 0 aliphatic carbocycles. The number of phenolic OH excluding ortho intramolecular Hbond substituents is 1. The molecule has 0 spiro atoms. The number of nitrogens with zero attached hydrogens (tertiary/aromatic N) is 3. The first kappa shape index (κ1) is 18.0. The molecule has 0 radical (unpaired) electrons. The van der Waals surface area contributed by atoms with Gasteiger partial charge in [0, 0.05) is 11.3 Å². The number of hydrogen-bond acceptors (Lipinski definition) is 6. The fourth-order valence-electron chi connectivity index (χ4n) is 2.99. The minimum atomic E-state index is -0.470. The van der Waals surface area contributed by atoms with Crippen LogP contribution in [0.25, 0.3) is 27.8 Å². The van der Waals surface area contributed by atoms with Gasteiger partial charge in [-0.2, -0.15) is 10.2 Å². The van der Waals surface area contributed by atoms with Crippen LogP contribution in [0.15, 0.2) is 66.0 Å². The molecular weight excluding hydrogens is 372 g/mol. The number of benzene rings is 2. The molecule has 29 heavy (non-hydrogen) atoms. The molecule has 0 fully saturated rings. The maximum atomic E-state index is 12.3. The number of hydrogen-bond donors (Lipinski definition) is 4. The molecule has 5 N–H and O–H groups in total. The predicted molar refractivity (Wildman–Crippen MR) is 110 cm³/mol. The molecule has 2 aromatic carbocycles. The number of nitrogen functional groups attached to an aromatic ring is 1. The van der Waals surface area contributed by atoms with Crippen molar-refractivity contribution < 1.29 is 9.90 Å². The molecule has 4 rings (SSSR count). The summed E-state index contributed by atoms with van der Waals surface area (Å²) < 4.78 is 1.57. The number of aromatic hydroxyl groups is 1. The minimum Gasteiger partial charge on any atom is -0.508 e. The molecule has 144 valence electrons. The quantitative estimate of drug-likeness (QED) is 0.395. The average Bonchev–Trinajstić information content (AvgIpc) is 3.14. The van der Waals surface area contributed by atoms with Crippen LogP contribution in [0.5, 0.6) is 5.75 Å². The second kappa shape index (κ2) is 6.97. The zero-order valence-corrected chi connectivity index (χ0v) is 15.1. The molecule has 0 atom stereocenters. The van der Waals surface area contributed by atoms with Crippen LogP contribution < -0.4 is 16.6 Å². The number of aromatic amines is 1. The Hall–Kier alpha value is -4.40. The Morgan fingerprint density at radius 2 is 1.86 bits per heavy atom. The molecule has 0 unspecified atom stereocenters. The van der Waals surface area contributed by atoms with Crippen molar-refractivity contribution in [3.63, 3.8) is 0 Å². The number of H-pyrrole nitrogens is 1. The summed E-state index contributed by atoms with van der Waals surface area (Å²) in [5, 5.41) is 23.3. The summed E-state index contributed by atoms with van der Waals surface area (Å²) >= 11 is 0. The third kappa shape index (κ3) is 3.21. The first-order valence-corrected chi connectivity index (χ1v) is 8.58. The van der Waals surface area contributed by atoms with Gasteiger partial charge >= 0.3 is 0 Å². The van der Waals surface area contributed by atoms with Crippen LogP contribution in [0.3, 0.4) is 0 Å². The van der Waals surface area contributed by atoms with Gasteiger partial charge in [-0.05, 0) is 54.6 Å². The monoisotopic (exact) mass is 388 g/mol. The summed E-state index contributed by atoms with van der Waals surface area (Å²) in [6, 6.07) is 13.3. The van der Waals surface area contributed by atoms with Crippen LogP contribution in [0, 0.1) is 0 Å². The normalized spacial score (nSPS) is 10.8. The summed E-state index contributed by atoms with van der Waals surface area (Å²) in [6.07, 6.45) is 1.18. The van der Waals surface area contributed by atoms with Crippen molar-refractivity contribution in [2.75, 3.05) is 11.1 Å². The highest BCUT2D eigenvalue weighted by molar-refractivity contribution is 6.00. The SMILES string of the molecule is C=CC(=O)Nc1ccc(-n2nc3c(=O)[nH]nc(N)c3c2-c2ccc(O)cc2)cc1. The molecule has 0 bridgehead atoms. The van der Waals surface area contributed by atoms with E-state index < -0.39 is 5.56 Å². The van der Waals surface area contributed by atoms with Gasteiger partial charge < -0.3 is 16.2 Å². The van der Waals surface area contributed by atoms with Gasteiger partial charge in [0.2, 0.25) is 5.91 Å². The van der Waals surface area contributed by atoms with Crippen LogP contribution >= 0.6 is 0 Å². The van der Waals surface area contributed by atoms with Crippen molar-refractivity contribution in [2.24, 2.45) is 0 Å². The lowest BCUT2D eigenvalue weighted by Crippen LogP contribution is -2.10. The Bertz CT molecular complexity index is 1290. The molecule has 0 aliphatic heterocycles. The van der Waals surface area contributed by atoms with E-state index in [0.29, 0.717) is 28.0 Å². The van der Waals surface area contributed by atoms with Gasteiger partial charge in [0.25, 0.3) is 5.56 Å². The van der Waals surface area contributed by atoms with Gasteiger partial charge in [-0.25, -0.2) is 9.78 Å². The van der Waals surface area contributed by atoms with Crippen molar-refractivity contribution in [1.82, 2.24) is 20.0 Å². The van der Waals surface area contributed by atoms with E-state index >= 15 is 0 Å².